The minimum absolute atomic E-state index is 0.0188. The van der Waals surface area contributed by atoms with Crippen LogP contribution in [-0.2, 0) is 0 Å². The van der Waals surface area contributed by atoms with Crippen LogP contribution in [0.5, 0.6) is 5.75 Å². The Hall–Kier alpha value is -4.13. The van der Waals surface area contributed by atoms with Crippen LogP contribution in [-0.4, -0.2) is 40.4 Å². The fourth-order valence-electron chi connectivity index (χ4n) is 5.81. The first-order valence-electron chi connectivity index (χ1n) is 14.4. The van der Waals surface area contributed by atoms with Crippen molar-refractivity contribution in [3.05, 3.63) is 77.2 Å². The highest BCUT2D eigenvalue weighted by molar-refractivity contribution is 5.94. The van der Waals surface area contributed by atoms with Crippen LogP contribution in [0, 0.1) is 12.8 Å². The van der Waals surface area contributed by atoms with Gasteiger partial charge in [0.2, 0.25) is 0 Å². The highest BCUT2D eigenvalue weighted by Crippen LogP contribution is 2.45. The fourth-order valence-corrected chi connectivity index (χ4v) is 5.81. The summed E-state index contributed by atoms with van der Waals surface area (Å²) < 4.78 is 12.1. The monoisotopic (exact) mass is 535 g/mol. The molecule has 2 aliphatic carbocycles. The topological polar surface area (TPSA) is 88.7 Å². The van der Waals surface area contributed by atoms with Crippen LogP contribution >= 0.6 is 0 Å². The van der Waals surface area contributed by atoms with Crippen LogP contribution in [0.2, 0.25) is 0 Å². The summed E-state index contributed by atoms with van der Waals surface area (Å²) in [7, 11) is 0. The van der Waals surface area contributed by atoms with Gasteiger partial charge in [0, 0.05) is 47.3 Å². The molecular weight excluding hydrogens is 502 g/mol. The number of fused-ring (bicyclic) bond motifs is 1. The molecule has 1 aliphatic heterocycles. The molecule has 1 atom stereocenters. The smallest absolute Gasteiger partial charge is 0.354 e. The zero-order valence-corrected chi connectivity index (χ0v) is 22.7. The van der Waals surface area contributed by atoms with Gasteiger partial charge < -0.3 is 19.3 Å². The van der Waals surface area contributed by atoms with Gasteiger partial charge in [0.1, 0.15) is 17.2 Å². The predicted octanol–water partition coefficient (Wildman–Crippen LogP) is 7.24. The van der Waals surface area contributed by atoms with Crippen molar-refractivity contribution < 1.29 is 19.2 Å². The highest BCUT2D eigenvalue weighted by atomic mass is 16.5. The van der Waals surface area contributed by atoms with Crippen molar-refractivity contribution >= 4 is 28.6 Å². The zero-order chi connectivity index (χ0) is 27.2. The lowest BCUT2D eigenvalue weighted by Crippen LogP contribution is -2.25. The second kappa shape index (κ2) is 10.1. The highest BCUT2D eigenvalue weighted by Gasteiger charge is 2.32. The van der Waals surface area contributed by atoms with E-state index in [4.69, 9.17) is 9.26 Å². The molecule has 1 N–H and O–H groups in total. The number of ether oxygens (including phenoxy) is 1. The molecule has 4 aromatic rings. The molecule has 2 saturated carbocycles. The Kier molecular flexibility index (Phi) is 6.29. The van der Waals surface area contributed by atoms with Crippen molar-refractivity contribution in [1.29, 1.82) is 0 Å². The Morgan fingerprint density at radius 3 is 2.70 bits per heavy atom. The van der Waals surface area contributed by atoms with Crippen molar-refractivity contribution in [3.8, 4) is 17.0 Å². The van der Waals surface area contributed by atoms with Crippen LogP contribution in [0.25, 0.3) is 28.2 Å². The molecule has 2 aromatic carbocycles. The fraction of sp³-hybridized carbons (Fsp3) is 0.364. The van der Waals surface area contributed by atoms with Crippen molar-refractivity contribution in [1.82, 2.24) is 10.1 Å². The molecule has 0 bridgehead atoms. The molecule has 2 aromatic heterocycles. The number of carbonyl (C=O) groups is 1. The maximum absolute atomic E-state index is 11.7. The molecule has 3 aliphatic rings. The van der Waals surface area contributed by atoms with Gasteiger partial charge in [-0.15, -0.1) is 0 Å². The average molecular weight is 536 g/mol. The minimum Gasteiger partial charge on any atom is -0.490 e. The van der Waals surface area contributed by atoms with Crippen molar-refractivity contribution in [2.75, 3.05) is 18.0 Å². The SMILES string of the molecule is Cc1ccccc1-c1noc(C2CC2)c1/C=C/[C@@H]1CCN(c2ccc3nc(C(=O)O)cc(OC4CCC4)c3c2)C1. The van der Waals surface area contributed by atoms with Gasteiger partial charge in [0.25, 0.3) is 0 Å². The van der Waals surface area contributed by atoms with E-state index < -0.39 is 5.97 Å². The summed E-state index contributed by atoms with van der Waals surface area (Å²) in [4.78, 5) is 18.4. The number of hydrogen-bond donors (Lipinski definition) is 1. The number of pyridine rings is 1. The van der Waals surface area contributed by atoms with E-state index in [1.807, 2.05) is 12.1 Å². The van der Waals surface area contributed by atoms with Crippen LogP contribution < -0.4 is 9.64 Å². The molecule has 0 amide bonds. The normalized spacial score (nSPS) is 19.4. The number of carboxylic acids is 1. The van der Waals surface area contributed by atoms with E-state index in [0.717, 1.165) is 85.3 Å². The van der Waals surface area contributed by atoms with Gasteiger partial charge in [0.05, 0.1) is 11.6 Å². The number of aryl methyl sites for hydroxylation is 1. The van der Waals surface area contributed by atoms with E-state index >= 15 is 0 Å². The first-order valence-corrected chi connectivity index (χ1v) is 14.4. The van der Waals surface area contributed by atoms with Crippen molar-refractivity contribution in [2.45, 2.75) is 57.5 Å². The lowest BCUT2D eigenvalue weighted by molar-refractivity contribution is 0.0689. The van der Waals surface area contributed by atoms with E-state index in [1.165, 1.54) is 5.56 Å². The summed E-state index contributed by atoms with van der Waals surface area (Å²) in [6.45, 7) is 3.97. The summed E-state index contributed by atoms with van der Waals surface area (Å²) >= 11 is 0. The number of aromatic nitrogens is 2. The first-order chi connectivity index (χ1) is 19.5. The molecule has 40 heavy (non-hydrogen) atoms. The Balaban J connectivity index is 1.14. The Morgan fingerprint density at radius 2 is 1.95 bits per heavy atom. The minimum atomic E-state index is -1.04. The average Bonchev–Trinajstić information content (AvgIpc) is 3.52. The molecule has 7 nitrogen and oxygen atoms in total. The predicted molar refractivity (Wildman–Crippen MR) is 155 cm³/mol. The van der Waals surface area contributed by atoms with Crippen LogP contribution in [0.1, 0.15) is 71.8 Å². The van der Waals surface area contributed by atoms with Crippen molar-refractivity contribution in [2.24, 2.45) is 5.92 Å². The van der Waals surface area contributed by atoms with E-state index in [-0.39, 0.29) is 11.8 Å². The standard InChI is InChI=1S/C33H33N3O4/c1-20-5-2-3-8-25(20)31-26(32(40-35-31)22-10-11-22)13-9-21-15-16-36(19-21)23-12-14-28-27(17-23)30(39-24-6-4-7-24)18-29(34-28)33(37)38/h2-3,5,8-9,12-14,17-18,21-22,24H,4,6-7,10-11,15-16,19H2,1H3,(H,37,38)/b13-9+/t21-/m1/s1. The third-order valence-corrected chi connectivity index (χ3v) is 8.55. The lowest BCUT2D eigenvalue weighted by Gasteiger charge is -2.27. The van der Waals surface area contributed by atoms with Crippen LogP contribution in [0.3, 0.4) is 0 Å². The maximum atomic E-state index is 11.7. The lowest BCUT2D eigenvalue weighted by atomic mass is 9.96. The second-order valence-electron chi connectivity index (χ2n) is 11.4. The zero-order valence-electron chi connectivity index (χ0n) is 22.7. The summed E-state index contributed by atoms with van der Waals surface area (Å²) in [5.74, 6) is 1.48. The molecule has 0 unspecified atom stereocenters. The van der Waals surface area contributed by atoms with Gasteiger partial charge in [-0.25, -0.2) is 9.78 Å². The molecule has 7 heteroatoms. The van der Waals surface area contributed by atoms with E-state index in [2.05, 4.69) is 64.4 Å². The number of anilines is 1. The van der Waals surface area contributed by atoms with Gasteiger partial charge in [0.15, 0.2) is 5.69 Å². The first kappa shape index (κ1) is 24.9. The van der Waals surface area contributed by atoms with Crippen LogP contribution in [0.4, 0.5) is 5.69 Å². The maximum Gasteiger partial charge on any atom is 0.354 e. The second-order valence-corrected chi connectivity index (χ2v) is 11.4. The molecule has 3 fully saturated rings. The Morgan fingerprint density at radius 1 is 1.10 bits per heavy atom. The van der Waals surface area contributed by atoms with E-state index in [1.54, 1.807) is 6.07 Å². The van der Waals surface area contributed by atoms with Gasteiger partial charge in [-0.2, -0.15) is 0 Å². The number of rotatable bonds is 8. The largest absolute Gasteiger partial charge is 0.490 e. The van der Waals surface area contributed by atoms with Gasteiger partial charge in [-0.3, -0.25) is 0 Å². The summed E-state index contributed by atoms with van der Waals surface area (Å²) in [5, 5.41) is 14.9. The van der Waals surface area contributed by atoms with E-state index in [9.17, 15) is 9.90 Å². The van der Waals surface area contributed by atoms with Gasteiger partial charge in [-0.05, 0) is 75.1 Å². The van der Waals surface area contributed by atoms with E-state index in [0.29, 0.717) is 23.1 Å². The van der Waals surface area contributed by atoms with Gasteiger partial charge in [-0.1, -0.05) is 41.6 Å². The number of hydrogen-bond acceptors (Lipinski definition) is 6. The molecule has 3 heterocycles. The summed E-state index contributed by atoms with van der Waals surface area (Å²) in [6, 6.07) is 16.0. The Bertz CT molecular complexity index is 1620. The molecule has 0 spiro atoms. The molecule has 204 valence electrons. The van der Waals surface area contributed by atoms with Crippen LogP contribution in [0.15, 0.2) is 59.1 Å². The molecule has 1 saturated heterocycles. The quantitative estimate of drug-likeness (QED) is 0.254. The number of carboxylic acid groups (broad SMARTS) is 1. The number of benzene rings is 2. The summed E-state index contributed by atoms with van der Waals surface area (Å²) in [5.41, 5.74) is 6.16. The third-order valence-electron chi connectivity index (χ3n) is 8.55. The third kappa shape index (κ3) is 4.74. The number of aromatic carboxylic acids is 1. The molecular formula is C33H33N3O4. The number of nitrogens with zero attached hydrogens (tertiary/aromatic N) is 3. The Labute approximate surface area is 233 Å². The van der Waals surface area contributed by atoms with Gasteiger partial charge >= 0.3 is 5.97 Å². The summed E-state index contributed by atoms with van der Waals surface area (Å²) in [6.07, 6.45) is 11.3. The molecule has 7 rings (SSSR count). The van der Waals surface area contributed by atoms with Crippen molar-refractivity contribution in [3.63, 3.8) is 0 Å². The molecule has 0 radical (unpaired) electrons.